The standard InChI is InChI=1S/C23H27N3O7S/c27-21(20-15-16-3-1-2-4-19(16)33-20)25-12-11-24-17-5-7-18(8-6-17)34(30,31)23(22(28)26-29)9-13-32-14-10-23/h1-8,15,21,24-25,27,29H,9-14H2,(H,26,28). The van der Waals surface area contributed by atoms with Crippen molar-refractivity contribution < 1.29 is 32.7 Å². The molecule has 1 aliphatic heterocycles. The fraction of sp³-hybridized carbons (Fsp3) is 0.348. The highest BCUT2D eigenvalue weighted by atomic mass is 32.2. The normalized spacial score (nSPS) is 16.8. The second-order valence-electron chi connectivity index (χ2n) is 8.05. The average Bonchev–Trinajstić information content (AvgIpc) is 3.31. The van der Waals surface area contributed by atoms with Crippen molar-refractivity contribution in [2.45, 2.75) is 28.7 Å². The van der Waals surface area contributed by atoms with Crippen LogP contribution in [-0.2, 0) is 19.4 Å². The van der Waals surface area contributed by atoms with Gasteiger partial charge in [0.05, 0.1) is 4.90 Å². The summed E-state index contributed by atoms with van der Waals surface area (Å²) in [7, 11) is -4.07. The molecule has 1 atom stereocenters. The Morgan fingerprint density at radius 2 is 1.76 bits per heavy atom. The van der Waals surface area contributed by atoms with E-state index in [0.717, 1.165) is 5.39 Å². The fourth-order valence-corrected chi connectivity index (χ4v) is 5.99. The van der Waals surface area contributed by atoms with Gasteiger partial charge in [0.1, 0.15) is 11.3 Å². The van der Waals surface area contributed by atoms with E-state index in [4.69, 9.17) is 14.4 Å². The van der Waals surface area contributed by atoms with Crippen molar-refractivity contribution in [2.24, 2.45) is 0 Å². The number of para-hydroxylation sites is 1. The summed E-state index contributed by atoms with van der Waals surface area (Å²) in [6.45, 7) is 1.09. The molecule has 11 heteroatoms. The van der Waals surface area contributed by atoms with E-state index in [2.05, 4.69) is 10.6 Å². The van der Waals surface area contributed by atoms with Crippen molar-refractivity contribution >= 4 is 32.4 Å². The molecular formula is C23H27N3O7S. The van der Waals surface area contributed by atoms with Gasteiger partial charge in [-0.05, 0) is 49.2 Å². The van der Waals surface area contributed by atoms with Crippen LogP contribution in [0.4, 0.5) is 5.69 Å². The SMILES string of the molecule is O=C(NO)C1(S(=O)(=O)c2ccc(NCCNC(O)c3cc4ccccc4o3)cc2)CCOCC1. The van der Waals surface area contributed by atoms with Gasteiger partial charge in [0.15, 0.2) is 20.8 Å². The molecule has 182 valence electrons. The minimum atomic E-state index is -4.07. The minimum Gasteiger partial charge on any atom is -0.457 e. The quantitative estimate of drug-likeness (QED) is 0.131. The zero-order valence-electron chi connectivity index (χ0n) is 18.4. The van der Waals surface area contributed by atoms with Crippen LogP contribution in [0.15, 0.2) is 63.9 Å². The molecule has 4 rings (SSSR count). The lowest BCUT2D eigenvalue weighted by atomic mass is 9.98. The number of aliphatic hydroxyl groups is 1. The molecular weight excluding hydrogens is 462 g/mol. The maximum absolute atomic E-state index is 13.3. The van der Waals surface area contributed by atoms with Gasteiger partial charge < -0.3 is 19.6 Å². The number of anilines is 1. The van der Waals surface area contributed by atoms with Crippen LogP contribution in [0, 0.1) is 0 Å². The molecule has 2 aromatic carbocycles. The minimum absolute atomic E-state index is 0.0121. The lowest BCUT2D eigenvalue weighted by Crippen LogP contribution is -2.54. The van der Waals surface area contributed by atoms with Gasteiger partial charge in [-0.1, -0.05) is 18.2 Å². The van der Waals surface area contributed by atoms with Crippen LogP contribution in [-0.4, -0.2) is 55.7 Å². The smallest absolute Gasteiger partial charge is 0.265 e. The van der Waals surface area contributed by atoms with Crippen LogP contribution in [0.25, 0.3) is 11.0 Å². The molecule has 0 bridgehead atoms. The number of fused-ring (bicyclic) bond motifs is 1. The number of ether oxygens (including phenoxy) is 1. The Kier molecular flexibility index (Phi) is 7.19. The van der Waals surface area contributed by atoms with Crippen LogP contribution in [0.1, 0.15) is 24.8 Å². The van der Waals surface area contributed by atoms with Crippen molar-refractivity contribution in [2.75, 3.05) is 31.6 Å². The molecule has 1 unspecified atom stereocenters. The first-order chi connectivity index (χ1) is 16.4. The molecule has 1 fully saturated rings. The number of benzene rings is 2. The van der Waals surface area contributed by atoms with Crippen LogP contribution >= 0.6 is 0 Å². The predicted octanol–water partition coefficient (Wildman–Crippen LogP) is 1.95. The molecule has 1 saturated heterocycles. The number of hydrogen-bond acceptors (Lipinski definition) is 9. The molecule has 5 N–H and O–H groups in total. The van der Waals surface area contributed by atoms with Crippen LogP contribution in [0.5, 0.6) is 0 Å². The number of aliphatic hydroxyl groups excluding tert-OH is 1. The molecule has 0 radical (unpaired) electrons. The predicted molar refractivity (Wildman–Crippen MR) is 124 cm³/mol. The van der Waals surface area contributed by atoms with Gasteiger partial charge in [-0.15, -0.1) is 0 Å². The van der Waals surface area contributed by atoms with E-state index >= 15 is 0 Å². The number of carbonyl (C=O) groups excluding carboxylic acids is 1. The summed E-state index contributed by atoms with van der Waals surface area (Å²) in [6, 6.07) is 15.3. The summed E-state index contributed by atoms with van der Waals surface area (Å²) >= 11 is 0. The highest BCUT2D eigenvalue weighted by molar-refractivity contribution is 7.93. The van der Waals surface area contributed by atoms with E-state index in [1.54, 1.807) is 18.2 Å². The number of hydroxylamine groups is 1. The van der Waals surface area contributed by atoms with Gasteiger partial charge in [0.2, 0.25) is 0 Å². The highest BCUT2D eigenvalue weighted by Gasteiger charge is 2.52. The Labute approximate surface area is 196 Å². The largest absolute Gasteiger partial charge is 0.457 e. The Morgan fingerprint density at radius 3 is 2.44 bits per heavy atom. The second-order valence-corrected chi connectivity index (χ2v) is 10.3. The van der Waals surface area contributed by atoms with Gasteiger partial charge in [-0.2, -0.15) is 0 Å². The summed E-state index contributed by atoms with van der Waals surface area (Å²) in [6.07, 6.45) is -1.04. The zero-order chi connectivity index (χ0) is 24.2. The third-order valence-corrected chi connectivity index (χ3v) is 8.52. The first-order valence-electron chi connectivity index (χ1n) is 10.9. The van der Waals surface area contributed by atoms with Crippen LogP contribution in [0.3, 0.4) is 0 Å². The van der Waals surface area contributed by atoms with Gasteiger partial charge in [0.25, 0.3) is 5.91 Å². The van der Waals surface area contributed by atoms with Gasteiger partial charge in [-0.25, -0.2) is 13.9 Å². The molecule has 1 aliphatic rings. The van der Waals surface area contributed by atoms with Gasteiger partial charge >= 0.3 is 0 Å². The number of hydrogen-bond donors (Lipinski definition) is 5. The topological polar surface area (TPSA) is 150 Å². The fourth-order valence-electron chi connectivity index (χ4n) is 4.05. The average molecular weight is 490 g/mol. The summed E-state index contributed by atoms with van der Waals surface area (Å²) < 4.78 is 35.6. The molecule has 0 saturated carbocycles. The number of nitrogens with one attached hydrogen (secondary N) is 3. The van der Waals surface area contributed by atoms with Crippen molar-refractivity contribution in [1.82, 2.24) is 10.8 Å². The first-order valence-corrected chi connectivity index (χ1v) is 12.4. The van der Waals surface area contributed by atoms with E-state index in [-0.39, 0.29) is 31.0 Å². The van der Waals surface area contributed by atoms with E-state index in [1.165, 1.54) is 17.6 Å². The molecule has 0 spiro atoms. The van der Waals surface area contributed by atoms with Crippen molar-refractivity contribution in [3.05, 3.63) is 60.4 Å². The molecule has 1 aromatic heterocycles. The van der Waals surface area contributed by atoms with Crippen LogP contribution in [0.2, 0.25) is 0 Å². The maximum Gasteiger partial charge on any atom is 0.265 e. The lowest BCUT2D eigenvalue weighted by Gasteiger charge is -2.34. The van der Waals surface area contributed by atoms with E-state index in [0.29, 0.717) is 30.1 Å². The second kappa shape index (κ2) is 10.1. The van der Waals surface area contributed by atoms with E-state index in [1.807, 2.05) is 24.3 Å². The number of sulfone groups is 1. The Balaban J connectivity index is 1.34. The third-order valence-electron chi connectivity index (χ3n) is 6.00. The number of furan rings is 1. The Morgan fingerprint density at radius 1 is 1.06 bits per heavy atom. The van der Waals surface area contributed by atoms with Crippen LogP contribution < -0.4 is 16.1 Å². The Hall–Kier alpha value is -2.96. The lowest BCUT2D eigenvalue weighted by molar-refractivity contribution is -0.134. The maximum atomic E-state index is 13.3. The molecule has 10 nitrogen and oxygen atoms in total. The summed E-state index contributed by atoms with van der Waals surface area (Å²) in [5, 5.41) is 26.4. The van der Waals surface area contributed by atoms with Crippen molar-refractivity contribution in [3.8, 4) is 0 Å². The van der Waals surface area contributed by atoms with Crippen molar-refractivity contribution in [1.29, 1.82) is 0 Å². The first kappa shape index (κ1) is 24.2. The van der Waals surface area contributed by atoms with Crippen molar-refractivity contribution in [3.63, 3.8) is 0 Å². The number of rotatable bonds is 9. The summed E-state index contributed by atoms with van der Waals surface area (Å²) in [4.78, 5) is 12.3. The molecule has 2 heterocycles. The number of carbonyl (C=O) groups is 1. The molecule has 0 aliphatic carbocycles. The van der Waals surface area contributed by atoms with E-state index in [9.17, 15) is 18.3 Å². The Bertz CT molecular complexity index is 1200. The monoisotopic (exact) mass is 489 g/mol. The van der Waals surface area contributed by atoms with Gasteiger partial charge in [0, 0.05) is 37.4 Å². The third kappa shape index (κ3) is 4.65. The summed E-state index contributed by atoms with van der Waals surface area (Å²) in [5.41, 5.74) is 2.88. The number of amides is 1. The van der Waals surface area contributed by atoms with Gasteiger partial charge in [-0.3, -0.25) is 15.3 Å². The van der Waals surface area contributed by atoms with E-state index < -0.39 is 26.7 Å². The molecule has 1 amide bonds. The molecule has 3 aromatic rings. The molecule has 34 heavy (non-hydrogen) atoms. The highest BCUT2D eigenvalue weighted by Crippen LogP contribution is 2.35. The summed E-state index contributed by atoms with van der Waals surface area (Å²) in [5.74, 6) is -0.531. The zero-order valence-corrected chi connectivity index (χ0v) is 19.2.